The second-order valence-corrected chi connectivity index (χ2v) is 5.78. The van der Waals surface area contributed by atoms with E-state index < -0.39 is 0 Å². The summed E-state index contributed by atoms with van der Waals surface area (Å²) in [5, 5.41) is 5.56. The van der Waals surface area contributed by atoms with Crippen molar-refractivity contribution >= 4 is 30.7 Å². The van der Waals surface area contributed by atoms with E-state index >= 15 is 0 Å². The fourth-order valence-electron chi connectivity index (χ4n) is 2.04. The third kappa shape index (κ3) is 2.29. The molecule has 81 valence electrons. The van der Waals surface area contributed by atoms with E-state index in [-0.39, 0.29) is 9.52 Å². The molecule has 0 fully saturated rings. The first-order chi connectivity index (χ1) is 8.42. The maximum atomic E-state index is 2.32. The Hall–Kier alpha value is -1.86. The summed E-state index contributed by atoms with van der Waals surface area (Å²) in [5.41, 5.74) is 0. The third-order valence-corrected chi connectivity index (χ3v) is 4.32. The highest BCUT2D eigenvalue weighted by atomic mass is 28.2. The highest BCUT2D eigenvalue weighted by molar-refractivity contribution is 6.67. The summed E-state index contributed by atoms with van der Waals surface area (Å²) in [4.78, 5) is 0. The van der Waals surface area contributed by atoms with Crippen molar-refractivity contribution in [2.24, 2.45) is 0 Å². The van der Waals surface area contributed by atoms with Crippen molar-refractivity contribution in [2.45, 2.75) is 0 Å². The predicted molar refractivity (Wildman–Crippen MR) is 76.8 cm³/mol. The van der Waals surface area contributed by atoms with Crippen molar-refractivity contribution in [2.75, 3.05) is 0 Å². The van der Waals surface area contributed by atoms with Crippen LogP contribution < -0.4 is 10.4 Å². The van der Waals surface area contributed by atoms with Gasteiger partial charge in [0.05, 0.1) is 0 Å². The maximum Gasteiger partial charge on any atom is 0.103 e. The van der Waals surface area contributed by atoms with Crippen LogP contribution in [0, 0.1) is 0 Å². The molecule has 0 aliphatic heterocycles. The quantitative estimate of drug-likeness (QED) is 0.595. The highest BCUT2D eigenvalue weighted by Gasteiger charge is 1.98. The Labute approximate surface area is 104 Å². The van der Waals surface area contributed by atoms with Gasteiger partial charge >= 0.3 is 0 Å². The lowest BCUT2D eigenvalue weighted by Gasteiger charge is -2.03. The molecule has 0 amide bonds. The monoisotopic (exact) mass is 233 g/mol. The normalized spacial score (nSPS) is 10.6. The van der Waals surface area contributed by atoms with Crippen LogP contribution in [0.3, 0.4) is 0 Å². The molecule has 0 saturated heterocycles. The average molecular weight is 233 g/mol. The predicted octanol–water partition coefficient (Wildman–Crippen LogP) is 2.23. The van der Waals surface area contributed by atoms with Crippen LogP contribution in [-0.4, -0.2) is 9.52 Å². The molecule has 17 heavy (non-hydrogen) atoms. The first-order valence-electron chi connectivity index (χ1n) is 5.80. The van der Waals surface area contributed by atoms with Crippen molar-refractivity contribution in [1.82, 2.24) is 0 Å². The van der Waals surface area contributed by atoms with Gasteiger partial charge in [0.1, 0.15) is 9.52 Å². The molecular weight excluding hydrogens is 220 g/mol. The number of hydrogen-bond acceptors (Lipinski definition) is 0. The average Bonchev–Trinajstić information content (AvgIpc) is 2.40. The summed E-state index contributed by atoms with van der Waals surface area (Å²) in [5.74, 6) is 0. The Morgan fingerprint density at radius 3 is 2.06 bits per heavy atom. The summed E-state index contributed by atoms with van der Waals surface area (Å²) >= 11 is 0. The largest absolute Gasteiger partial charge is 0.103 e. The number of fused-ring (bicyclic) bond motifs is 1. The van der Waals surface area contributed by atoms with E-state index in [2.05, 4.69) is 72.8 Å². The van der Waals surface area contributed by atoms with E-state index in [4.69, 9.17) is 0 Å². The summed E-state index contributed by atoms with van der Waals surface area (Å²) in [6.07, 6.45) is 0. The molecule has 0 nitrogen and oxygen atoms in total. The van der Waals surface area contributed by atoms with Gasteiger partial charge in [-0.25, -0.2) is 0 Å². The molecule has 1 radical (unpaired) electrons. The minimum absolute atomic E-state index is 0.209. The SMILES string of the molecule is c1ccc([SiH]c2ccc3ccccc3c2)cc1. The Bertz CT molecular complexity index is 629. The van der Waals surface area contributed by atoms with E-state index in [0.717, 1.165) is 0 Å². The minimum Gasteiger partial charge on any atom is -0.0632 e. The van der Waals surface area contributed by atoms with Crippen LogP contribution in [0.4, 0.5) is 0 Å². The van der Waals surface area contributed by atoms with Crippen molar-refractivity contribution in [3.63, 3.8) is 0 Å². The van der Waals surface area contributed by atoms with Gasteiger partial charge in [0, 0.05) is 0 Å². The molecule has 3 aromatic rings. The van der Waals surface area contributed by atoms with E-state index in [1.54, 1.807) is 0 Å². The molecule has 0 heterocycles. The highest BCUT2D eigenvalue weighted by Crippen LogP contribution is 2.10. The van der Waals surface area contributed by atoms with Gasteiger partial charge in [0.15, 0.2) is 0 Å². The molecule has 0 aliphatic carbocycles. The van der Waals surface area contributed by atoms with Crippen LogP contribution in [0.15, 0.2) is 72.8 Å². The summed E-state index contributed by atoms with van der Waals surface area (Å²) < 4.78 is 0. The Kier molecular flexibility index (Phi) is 2.76. The van der Waals surface area contributed by atoms with E-state index in [1.165, 1.54) is 21.1 Å². The summed E-state index contributed by atoms with van der Waals surface area (Å²) in [7, 11) is 0.209. The molecule has 0 unspecified atom stereocenters. The van der Waals surface area contributed by atoms with Crippen LogP contribution >= 0.6 is 0 Å². The zero-order chi connectivity index (χ0) is 11.5. The first kappa shape index (κ1) is 10.3. The molecule has 0 aliphatic rings. The fraction of sp³-hybridized carbons (Fsp3) is 0. The van der Waals surface area contributed by atoms with Crippen LogP contribution in [0.1, 0.15) is 0 Å². The van der Waals surface area contributed by atoms with Gasteiger partial charge in [0.25, 0.3) is 0 Å². The fourth-order valence-corrected chi connectivity index (χ4v) is 3.29. The second-order valence-electron chi connectivity index (χ2n) is 4.16. The van der Waals surface area contributed by atoms with E-state index in [9.17, 15) is 0 Å². The molecule has 0 saturated carbocycles. The Morgan fingerprint density at radius 1 is 0.529 bits per heavy atom. The lowest BCUT2D eigenvalue weighted by Crippen LogP contribution is -2.26. The zero-order valence-electron chi connectivity index (χ0n) is 9.51. The molecule has 3 aromatic carbocycles. The summed E-state index contributed by atoms with van der Waals surface area (Å²) in [6, 6.07) is 26.1. The van der Waals surface area contributed by atoms with Crippen LogP contribution in [0.2, 0.25) is 0 Å². The molecule has 0 spiro atoms. The number of rotatable bonds is 2. The lowest BCUT2D eigenvalue weighted by atomic mass is 10.1. The first-order valence-corrected chi connectivity index (χ1v) is 6.96. The zero-order valence-corrected chi connectivity index (χ0v) is 10.7. The van der Waals surface area contributed by atoms with Crippen molar-refractivity contribution in [3.8, 4) is 0 Å². The molecule has 0 N–H and O–H groups in total. The second kappa shape index (κ2) is 4.56. The third-order valence-electron chi connectivity index (χ3n) is 2.91. The van der Waals surface area contributed by atoms with Crippen molar-refractivity contribution < 1.29 is 0 Å². The van der Waals surface area contributed by atoms with Crippen molar-refractivity contribution in [3.05, 3.63) is 72.8 Å². The number of hydrogen-bond donors (Lipinski definition) is 0. The van der Waals surface area contributed by atoms with Gasteiger partial charge in [-0.2, -0.15) is 0 Å². The maximum absolute atomic E-state index is 2.32. The minimum atomic E-state index is 0.209. The van der Waals surface area contributed by atoms with Gasteiger partial charge in [-0.3, -0.25) is 0 Å². The van der Waals surface area contributed by atoms with Gasteiger partial charge in [-0.05, 0) is 10.8 Å². The van der Waals surface area contributed by atoms with Crippen LogP contribution in [0.5, 0.6) is 0 Å². The molecular formula is C16H13Si. The molecule has 0 atom stereocenters. The van der Waals surface area contributed by atoms with E-state index in [0.29, 0.717) is 0 Å². The van der Waals surface area contributed by atoms with Gasteiger partial charge < -0.3 is 0 Å². The van der Waals surface area contributed by atoms with Gasteiger partial charge in [-0.1, -0.05) is 83.2 Å². The topological polar surface area (TPSA) is 0 Å². The lowest BCUT2D eigenvalue weighted by molar-refractivity contribution is 1.76. The van der Waals surface area contributed by atoms with Crippen molar-refractivity contribution in [1.29, 1.82) is 0 Å². The van der Waals surface area contributed by atoms with Gasteiger partial charge in [-0.15, -0.1) is 0 Å². The molecule has 1 heteroatoms. The van der Waals surface area contributed by atoms with Gasteiger partial charge in [0.2, 0.25) is 0 Å². The summed E-state index contributed by atoms with van der Waals surface area (Å²) in [6.45, 7) is 0. The Balaban J connectivity index is 1.96. The smallest absolute Gasteiger partial charge is 0.0632 e. The number of benzene rings is 3. The molecule has 3 rings (SSSR count). The Morgan fingerprint density at radius 2 is 1.24 bits per heavy atom. The molecule has 0 bridgehead atoms. The van der Waals surface area contributed by atoms with Crippen LogP contribution in [0.25, 0.3) is 10.8 Å². The van der Waals surface area contributed by atoms with Crippen LogP contribution in [-0.2, 0) is 0 Å². The standard InChI is InChI=1S/C16H13Si/c1-2-8-15(9-3-1)17-16-11-10-13-6-4-5-7-14(13)12-16/h1-12,17H. The van der Waals surface area contributed by atoms with E-state index in [1.807, 2.05) is 0 Å². The molecule has 0 aromatic heterocycles.